The molecule has 1 aromatic heterocycles. The number of nitrogens with one attached hydrogen (secondary N) is 1. The fourth-order valence-corrected chi connectivity index (χ4v) is 3.81. The standard InChI is InChI=1S/C18H20N4O2/c1-21(2)16-13-6-4-3-5-12(13)11(7-19-16)8-22-9-14-15(10-22)18(24)20-17(14)23/h3-7,14-15H,8-10H2,1-2H3,(H,20,23,24)/t14-,15+. The van der Waals surface area contributed by atoms with Gasteiger partial charge in [0.2, 0.25) is 11.8 Å². The van der Waals surface area contributed by atoms with Gasteiger partial charge in [0.25, 0.3) is 0 Å². The SMILES string of the molecule is CN(C)c1ncc(CN2C[C@@H]3C(=O)NC(=O)[C@@H]3C2)c2ccccc12. The van der Waals surface area contributed by atoms with Crippen LogP contribution in [0, 0.1) is 11.8 Å². The van der Waals surface area contributed by atoms with E-state index < -0.39 is 0 Å². The van der Waals surface area contributed by atoms with E-state index in [1.807, 2.05) is 37.3 Å². The molecule has 2 saturated heterocycles. The lowest BCUT2D eigenvalue weighted by Gasteiger charge is -2.20. The predicted molar refractivity (Wildman–Crippen MR) is 91.5 cm³/mol. The molecule has 6 heteroatoms. The number of anilines is 1. The van der Waals surface area contributed by atoms with E-state index in [9.17, 15) is 9.59 Å². The van der Waals surface area contributed by atoms with Gasteiger partial charge in [-0.3, -0.25) is 19.8 Å². The first-order valence-corrected chi connectivity index (χ1v) is 8.15. The van der Waals surface area contributed by atoms with Crippen molar-refractivity contribution in [2.75, 3.05) is 32.1 Å². The first kappa shape index (κ1) is 15.1. The molecule has 2 amide bonds. The zero-order valence-electron chi connectivity index (χ0n) is 13.8. The summed E-state index contributed by atoms with van der Waals surface area (Å²) in [5.74, 6) is 0.301. The number of benzene rings is 1. The van der Waals surface area contributed by atoms with E-state index in [0.717, 1.165) is 16.8 Å². The molecule has 2 fully saturated rings. The third kappa shape index (κ3) is 2.34. The second-order valence-corrected chi connectivity index (χ2v) is 6.81. The Balaban J connectivity index is 1.63. The molecule has 1 aromatic carbocycles. The summed E-state index contributed by atoms with van der Waals surface area (Å²) in [4.78, 5) is 32.4. The molecule has 3 heterocycles. The van der Waals surface area contributed by atoms with Gasteiger partial charge in [-0.15, -0.1) is 0 Å². The molecular weight excluding hydrogens is 304 g/mol. The van der Waals surface area contributed by atoms with Gasteiger partial charge in [0.05, 0.1) is 11.8 Å². The number of rotatable bonds is 3. The van der Waals surface area contributed by atoms with Gasteiger partial charge in [0, 0.05) is 45.3 Å². The maximum Gasteiger partial charge on any atom is 0.231 e. The molecule has 124 valence electrons. The van der Waals surface area contributed by atoms with Crippen LogP contribution in [0.1, 0.15) is 5.56 Å². The lowest BCUT2D eigenvalue weighted by atomic mass is 10.00. The second kappa shape index (κ2) is 5.56. The molecule has 2 aliphatic rings. The number of pyridine rings is 1. The number of carbonyl (C=O) groups is 2. The molecule has 0 aliphatic carbocycles. The van der Waals surface area contributed by atoms with Gasteiger partial charge < -0.3 is 4.90 Å². The van der Waals surface area contributed by atoms with E-state index in [-0.39, 0.29) is 23.7 Å². The molecule has 2 atom stereocenters. The quantitative estimate of drug-likeness (QED) is 0.854. The highest BCUT2D eigenvalue weighted by Gasteiger charge is 2.47. The van der Waals surface area contributed by atoms with Crippen molar-refractivity contribution in [2.24, 2.45) is 11.8 Å². The van der Waals surface area contributed by atoms with Gasteiger partial charge in [-0.25, -0.2) is 4.98 Å². The average molecular weight is 324 g/mol. The number of likely N-dealkylation sites (tertiary alicyclic amines) is 1. The van der Waals surface area contributed by atoms with Crippen LogP contribution in [0.3, 0.4) is 0 Å². The Labute approximate surface area is 140 Å². The van der Waals surface area contributed by atoms with Crippen LogP contribution in [0.15, 0.2) is 30.5 Å². The minimum Gasteiger partial charge on any atom is -0.362 e. The first-order valence-electron chi connectivity index (χ1n) is 8.15. The number of carbonyl (C=O) groups excluding carboxylic acids is 2. The molecule has 2 aliphatic heterocycles. The Hall–Kier alpha value is -2.47. The van der Waals surface area contributed by atoms with Crippen molar-refractivity contribution in [1.29, 1.82) is 0 Å². The van der Waals surface area contributed by atoms with Crippen molar-refractivity contribution in [3.8, 4) is 0 Å². The minimum absolute atomic E-state index is 0.126. The smallest absolute Gasteiger partial charge is 0.231 e. The Bertz CT molecular complexity index is 811. The largest absolute Gasteiger partial charge is 0.362 e. The Kier molecular flexibility index (Phi) is 3.49. The fraction of sp³-hybridized carbons (Fsp3) is 0.389. The van der Waals surface area contributed by atoms with Crippen LogP contribution in [-0.2, 0) is 16.1 Å². The van der Waals surface area contributed by atoms with Crippen molar-refractivity contribution in [3.63, 3.8) is 0 Å². The zero-order chi connectivity index (χ0) is 16.8. The van der Waals surface area contributed by atoms with Gasteiger partial charge in [0.1, 0.15) is 5.82 Å². The number of imide groups is 1. The van der Waals surface area contributed by atoms with Crippen LogP contribution in [0.2, 0.25) is 0 Å². The third-order valence-electron chi connectivity index (χ3n) is 4.99. The molecule has 4 rings (SSSR count). The van der Waals surface area contributed by atoms with Crippen molar-refractivity contribution in [1.82, 2.24) is 15.2 Å². The number of aromatic nitrogens is 1. The van der Waals surface area contributed by atoms with Crippen molar-refractivity contribution in [2.45, 2.75) is 6.54 Å². The van der Waals surface area contributed by atoms with E-state index in [1.54, 1.807) is 0 Å². The van der Waals surface area contributed by atoms with E-state index in [0.29, 0.717) is 19.6 Å². The summed E-state index contributed by atoms with van der Waals surface area (Å²) in [6, 6.07) is 8.23. The third-order valence-corrected chi connectivity index (χ3v) is 4.99. The molecule has 0 bridgehead atoms. The topological polar surface area (TPSA) is 65.5 Å². The summed E-state index contributed by atoms with van der Waals surface area (Å²) >= 11 is 0. The lowest BCUT2D eigenvalue weighted by Crippen LogP contribution is -2.31. The van der Waals surface area contributed by atoms with Crippen LogP contribution in [-0.4, -0.2) is 48.9 Å². The lowest BCUT2D eigenvalue weighted by molar-refractivity contribution is -0.126. The number of fused-ring (bicyclic) bond motifs is 2. The molecule has 2 aromatic rings. The van der Waals surface area contributed by atoms with Crippen LogP contribution in [0.25, 0.3) is 10.8 Å². The molecule has 0 saturated carbocycles. The Morgan fingerprint density at radius 3 is 2.38 bits per heavy atom. The van der Waals surface area contributed by atoms with E-state index >= 15 is 0 Å². The molecule has 0 unspecified atom stereocenters. The normalized spacial score (nSPS) is 23.6. The highest BCUT2D eigenvalue weighted by atomic mass is 16.2. The van der Waals surface area contributed by atoms with Crippen LogP contribution in [0.4, 0.5) is 5.82 Å². The maximum absolute atomic E-state index is 11.8. The number of hydrogen-bond acceptors (Lipinski definition) is 5. The number of amides is 2. The zero-order valence-corrected chi connectivity index (χ0v) is 13.8. The molecule has 0 radical (unpaired) electrons. The van der Waals surface area contributed by atoms with Gasteiger partial charge in [-0.05, 0) is 10.9 Å². The second-order valence-electron chi connectivity index (χ2n) is 6.81. The summed E-state index contributed by atoms with van der Waals surface area (Å²) in [5, 5.41) is 4.72. The number of nitrogens with zero attached hydrogens (tertiary/aromatic N) is 3. The average Bonchev–Trinajstić information content (AvgIpc) is 3.09. The maximum atomic E-state index is 11.8. The summed E-state index contributed by atoms with van der Waals surface area (Å²) in [6.45, 7) is 1.97. The highest BCUT2D eigenvalue weighted by molar-refractivity contribution is 6.05. The van der Waals surface area contributed by atoms with Crippen LogP contribution < -0.4 is 10.2 Å². The molecular formula is C18H20N4O2. The Morgan fingerprint density at radius 1 is 1.12 bits per heavy atom. The van der Waals surface area contributed by atoms with Crippen molar-refractivity contribution < 1.29 is 9.59 Å². The number of hydrogen-bond donors (Lipinski definition) is 1. The molecule has 1 N–H and O–H groups in total. The van der Waals surface area contributed by atoms with E-state index in [2.05, 4.69) is 27.3 Å². The molecule has 0 spiro atoms. The van der Waals surface area contributed by atoms with Crippen molar-refractivity contribution in [3.05, 3.63) is 36.0 Å². The predicted octanol–water partition coefficient (Wildman–Crippen LogP) is 1.01. The molecule has 6 nitrogen and oxygen atoms in total. The summed E-state index contributed by atoms with van der Waals surface area (Å²) < 4.78 is 0. The van der Waals surface area contributed by atoms with E-state index in [4.69, 9.17) is 0 Å². The van der Waals surface area contributed by atoms with Crippen LogP contribution >= 0.6 is 0 Å². The first-order chi connectivity index (χ1) is 11.5. The van der Waals surface area contributed by atoms with Gasteiger partial charge >= 0.3 is 0 Å². The monoisotopic (exact) mass is 324 g/mol. The summed E-state index contributed by atoms with van der Waals surface area (Å²) in [5.41, 5.74) is 1.13. The van der Waals surface area contributed by atoms with Gasteiger partial charge in [-0.1, -0.05) is 24.3 Å². The minimum atomic E-state index is -0.197. The summed E-state index contributed by atoms with van der Waals surface area (Å²) in [6.07, 6.45) is 1.91. The van der Waals surface area contributed by atoms with E-state index in [1.165, 1.54) is 5.39 Å². The molecule has 24 heavy (non-hydrogen) atoms. The fourth-order valence-electron chi connectivity index (χ4n) is 3.81. The highest BCUT2D eigenvalue weighted by Crippen LogP contribution is 2.31. The van der Waals surface area contributed by atoms with Crippen molar-refractivity contribution >= 4 is 28.4 Å². The summed E-state index contributed by atoms with van der Waals surface area (Å²) in [7, 11) is 3.97. The van der Waals surface area contributed by atoms with Crippen LogP contribution in [0.5, 0.6) is 0 Å². The Morgan fingerprint density at radius 2 is 1.75 bits per heavy atom. The van der Waals surface area contributed by atoms with Gasteiger partial charge in [0.15, 0.2) is 0 Å². The van der Waals surface area contributed by atoms with Gasteiger partial charge in [-0.2, -0.15) is 0 Å².